The van der Waals surface area contributed by atoms with Crippen LogP contribution in [-0.2, 0) is 4.74 Å². The molecule has 0 aromatic carbocycles. The van der Waals surface area contributed by atoms with Crippen LogP contribution in [-0.4, -0.2) is 7.11 Å². The number of rotatable bonds is 3. The molecule has 1 fully saturated rings. The van der Waals surface area contributed by atoms with Crippen molar-refractivity contribution in [1.29, 1.82) is 0 Å². The third-order valence-electron chi connectivity index (χ3n) is 2.28. The van der Waals surface area contributed by atoms with E-state index in [1.807, 2.05) is 0 Å². The average Bonchev–Trinajstić information content (AvgIpc) is 2.40. The Morgan fingerprint density at radius 2 is 2.10 bits per heavy atom. The second-order valence-corrected chi connectivity index (χ2v) is 3.10. The van der Waals surface area contributed by atoms with Gasteiger partial charge in [-0.3, -0.25) is 0 Å². The minimum Gasteiger partial charge on any atom is -0.502 e. The molecule has 1 nitrogen and oxygen atoms in total. The topological polar surface area (TPSA) is 9.23 Å². The van der Waals surface area contributed by atoms with Crippen molar-refractivity contribution >= 4 is 0 Å². The quantitative estimate of drug-likeness (QED) is 0.548. The van der Waals surface area contributed by atoms with Crippen LogP contribution in [0, 0.1) is 5.92 Å². The largest absolute Gasteiger partial charge is 0.502 e. The van der Waals surface area contributed by atoms with Crippen molar-refractivity contribution in [2.75, 3.05) is 7.11 Å². The summed E-state index contributed by atoms with van der Waals surface area (Å²) in [6.45, 7) is 3.81. The summed E-state index contributed by atoms with van der Waals surface area (Å²) in [5.41, 5.74) is 0. The van der Waals surface area contributed by atoms with Crippen LogP contribution < -0.4 is 0 Å². The van der Waals surface area contributed by atoms with Crippen molar-refractivity contribution in [3.05, 3.63) is 12.3 Å². The minimum absolute atomic E-state index is 0.868. The van der Waals surface area contributed by atoms with E-state index in [0.717, 1.165) is 18.1 Å². The molecule has 0 amide bonds. The van der Waals surface area contributed by atoms with Crippen molar-refractivity contribution in [2.24, 2.45) is 5.92 Å². The van der Waals surface area contributed by atoms with Crippen LogP contribution >= 0.6 is 0 Å². The molecule has 1 rings (SSSR count). The maximum Gasteiger partial charge on any atom is 0.0886 e. The third-order valence-corrected chi connectivity index (χ3v) is 2.28. The van der Waals surface area contributed by atoms with E-state index in [0.29, 0.717) is 0 Å². The lowest BCUT2D eigenvalue weighted by Crippen LogP contribution is -1.95. The van der Waals surface area contributed by atoms with Crippen LogP contribution in [0.25, 0.3) is 0 Å². The van der Waals surface area contributed by atoms with E-state index >= 15 is 0 Å². The second kappa shape index (κ2) is 3.65. The molecule has 0 saturated heterocycles. The van der Waals surface area contributed by atoms with Gasteiger partial charge in [0.1, 0.15) is 0 Å². The van der Waals surface area contributed by atoms with Crippen molar-refractivity contribution in [2.45, 2.75) is 32.1 Å². The SMILES string of the molecule is C=C(CC1CCCC1)OC. The van der Waals surface area contributed by atoms with E-state index < -0.39 is 0 Å². The molecule has 0 spiro atoms. The molecule has 0 atom stereocenters. The van der Waals surface area contributed by atoms with Gasteiger partial charge in [-0.05, 0) is 5.92 Å². The first kappa shape index (κ1) is 7.64. The van der Waals surface area contributed by atoms with E-state index in [-0.39, 0.29) is 0 Å². The summed E-state index contributed by atoms with van der Waals surface area (Å²) >= 11 is 0. The fourth-order valence-electron chi connectivity index (χ4n) is 1.62. The Bertz CT molecular complexity index is 112. The summed E-state index contributed by atoms with van der Waals surface area (Å²) in [4.78, 5) is 0. The Labute approximate surface area is 63.1 Å². The summed E-state index contributed by atoms with van der Waals surface area (Å²) in [5, 5.41) is 0. The molecular formula is C9H16O. The van der Waals surface area contributed by atoms with Crippen LogP contribution in [0.1, 0.15) is 32.1 Å². The van der Waals surface area contributed by atoms with Gasteiger partial charge in [0.2, 0.25) is 0 Å². The maximum atomic E-state index is 5.02. The molecule has 1 heteroatoms. The first-order valence-electron chi connectivity index (χ1n) is 4.04. The molecule has 0 bridgehead atoms. The number of hydrogen-bond donors (Lipinski definition) is 0. The summed E-state index contributed by atoms with van der Waals surface area (Å²) in [5.74, 6) is 1.82. The molecule has 0 aromatic heterocycles. The molecule has 1 aliphatic rings. The fourth-order valence-corrected chi connectivity index (χ4v) is 1.62. The Morgan fingerprint density at radius 1 is 1.50 bits per heavy atom. The van der Waals surface area contributed by atoms with E-state index in [2.05, 4.69) is 6.58 Å². The zero-order chi connectivity index (χ0) is 7.40. The monoisotopic (exact) mass is 140 g/mol. The van der Waals surface area contributed by atoms with Crippen molar-refractivity contribution in [1.82, 2.24) is 0 Å². The number of allylic oxidation sites excluding steroid dienone is 1. The molecule has 1 saturated carbocycles. The van der Waals surface area contributed by atoms with Crippen molar-refractivity contribution < 1.29 is 4.74 Å². The second-order valence-electron chi connectivity index (χ2n) is 3.10. The Kier molecular flexibility index (Phi) is 2.79. The molecule has 0 aliphatic heterocycles. The van der Waals surface area contributed by atoms with Gasteiger partial charge in [0, 0.05) is 6.42 Å². The van der Waals surface area contributed by atoms with E-state index in [1.165, 1.54) is 25.7 Å². The molecular weight excluding hydrogens is 124 g/mol. The Hall–Kier alpha value is -0.460. The summed E-state index contributed by atoms with van der Waals surface area (Å²) in [7, 11) is 1.71. The molecule has 0 unspecified atom stereocenters. The standard InChI is InChI=1S/C9H16O/c1-8(10-2)7-9-5-3-4-6-9/h9H,1,3-7H2,2H3. The van der Waals surface area contributed by atoms with Gasteiger partial charge < -0.3 is 4.74 Å². The van der Waals surface area contributed by atoms with E-state index in [9.17, 15) is 0 Å². The van der Waals surface area contributed by atoms with Crippen LogP contribution in [0.15, 0.2) is 12.3 Å². The first-order chi connectivity index (χ1) is 4.83. The van der Waals surface area contributed by atoms with Crippen LogP contribution in [0.5, 0.6) is 0 Å². The summed E-state index contributed by atoms with van der Waals surface area (Å²) in [6.07, 6.45) is 6.64. The van der Waals surface area contributed by atoms with Gasteiger partial charge in [0.05, 0.1) is 12.9 Å². The predicted molar refractivity (Wildman–Crippen MR) is 42.7 cm³/mol. The molecule has 0 radical (unpaired) electrons. The normalized spacial score (nSPS) is 19.3. The van der Waals surface area contributed by atoms with Gasteiger partial charge in [0.15, 0.2) is 0 Å². The Morgan fingerprint density at radius 3 is 2.60 bits per heavy atom. The lowest BCUT2D eigenvalue weighted by molar-refractivity contribution is 0.262. The molecule has 0 aromatic rings. The highest BCUT2D eigenvalue weighted by Gasteiger charge is 2.15. The lowest BCUT2D eigenvalue weighted by atomic mass is 10.0. The maximum absolute atomic E-state index is 5.02. The Balaban J connectivity index is 2.17. The molecule has 10 heavy (non-hydrogen) atoms. The lowest BCUT2D eigenvalue weighted by Gasteiger charge is -2.09. The van der Waals surface area contributed by atoms with E-state index in [1.54, 1.807) is 7.11 Å². The zero-order valence-corrected chi connectivity index (χ0v) is 6.73. The molecule has 0 heterocycles. The molecule has 0 N–H and O–H groups in total. The number of ether oxygens (including phenoxy) is 1. The van der Waals surface area contributed by atoms with Gasteiger partial charge in [-0.25, -0.2) is 0 Å². The van der Waals surface area contributed by atoms with Gasteiger partial charge >= 0.3 is 0 Å². The van der Waals surface area contributed by atoms with Gasteiger partial charge in [0.25, 0.3) is 0 Å². The van der Waals surface area contributed by atoms with E-state index in [4.69, 9.17) is 4.74 Å². The van der Waals surface area contributed by atoms with Gasteiger partial charge in [-0.1, -0.05) is 32.3 Å². The highest BCUT2D eigenvalue weighted by atomic mass is 16.5. The number of hydrogen-bond acceptors (Lipinski definition) is 1. The highest BCUT2D eigenvalue weighted by Crippen LogP contribution is 2.29. The van der Waals surface area contributed by atoms with Crippen molar-refractivity contribution in [3.8, 4) is 0 Å². The fraction of sp³-hybridized carbons (Fsp3) is 0.778. The minimum atomic E-state index is 0.868. The molecule has 58 valence electrons. The highest BCUT2D eigenvalue weighted by molar-refractivity contribution is 4.86. The number of methoxy groups -OCH3 is 1. The summed E-state index contributed by atoms with van der Waals surface area (Å²) in [6, 6.07) is 0. The first-order valence-corrected chi connectivity index (χ1v) is 4.04. The third kappa shape index (κ3) is 2.05. The van der Waals surface area contributed by atoms with Gasteiger partial charge in [-0.2, -0.15) is 0 Å². The average molecular weight is 140 g/mol. The van der Waals surface area contributed by atoms with Gasteiger partial charge in [-0.15, -0.1) is 0 Å². The van der Waals surface area contributed by atoms with Crippen LogP contribution in [0.2, 0.25) is 0 Å². The zero-order valence-electron chi connectivity index (χ0n) is 6.73. The smallest absolute Gasteiger partial charge is 0.0886 e. The summed E-state index contributed by atoms with van der Waals surface area (Å²) < 4.78 is 5.02. The van der Waals surface area contributed by atoms with Crippen molar-refractivity contribution in [3.63, 3.8) is 0 Å². The molecule has 1 aliphatic carbocycles. The van der Waals surface area contributed by atoms with Crippen LogP contribution in [0.3, 0.4) is 0 Å². The van der Waals surface area contributed by atoms with Crippen LogP contribution in [0.4, 0.5) is 0 Å². The predicted octanol–water partition coefficient (Wildman–Crippen LogP) is 2.73.